The van der Waals surface area contributed by atoms with Gasteiger partial charge in [-0.3, -0.25) is 4.57 Å². The number of pyridine rings is 1. The van der Waals surface area contributed by atoms with Crippen molar-refractivity contribution in [2.45, 2.75) is 93.4 Å². The minimum absolute atomic E-state index is 0.114. The predicted octanol–water partition coefficient (Wildman–Crippen LogP) is 12.2. The van der Waals surface area contributed by atoms with E-state index in [2.05, 4.69) is 170 Å². The Balaban J connectivity index is 1.40. The van der Waals surface area contributed by atoms with Gasteiger partial charge in [0.05, 0.1) is 28.1 Å². The van der Waals surface area contributed by atoms with Crippen molar-refractivity contribution in [2.75, 3.05) is 0 Å². The molecule has 260 valence electrons. The van der Waals surface area contributed by atoms with Crippen LogP contribution < -0.4 is 4.74 Å². The van der Waals surface area contributed by atoms with E-state index in [0.717, 1.165) is 46.2 Å². The monoisotopic (exact) mass is 674 g/mol. The van der Waals surface area contributed by atoms with Crippen LogP contribution in [-0.2, 0) is 17.3 Å². The quantitative estimate of drug-likeness (QED) is 0.176. The first-order valence-corrected chi connectivity index (χ1v) is 18.1. The van der Waals surface area contributed by atoms with Crippen molar-refractivity contribution in [3.63, 3.8) is 0 Å². The smallest absolute Gasteiger partial charge is 0.137 e. The van der Waals surface area contributed by atoms with Crippen LogP contribution in [0.2, 0.25) is 0 Å². The van der Waals surface area contributed by atoms with E-state index in [4.69, 9.17) is 14.8 Å². The van der Waals surface area contributed by atoms with Crippen LogP contribution in [0.3, 0.4) is 0 Å². The Labute approximate surface area is 302 Å². The molecule has 7 aromatic rings. The maximum absolute atomic E-state index is 6.84. The van der Waals surface area contributed by atoms with Crippen molar-refractivity contribution in [3.05, 3.63) is 130 Å². The molecule has 3 aromatic heterocycles. The summed E-state index contributed by atoms with van der Waals surface area (Å²) in [6.07, 6.45) is 2.86. The van der Waals surface area contributed by atoms with Crippen molar-refractivity contribution < 1.29 is 4.74 Å². The first kappa shape index (κ1) is 34.3. The molecule has 51 heavy (non-hydrogen) atoms. The van der Waals surface area contributed by atoms with Gasteiger partial charge in [0.2, 0.25) is 0 Å². The van der Waals surface area contributed by atoms with Crippen LogP contribution in [-0.4, -0.2) is 19.3 Å². The maximum Gasteiger partial charge on any atom is 0.137 e. The zero-order valence-corrected chi connectivity index (χ0v) is 32.1. The van der Waals surface area contributed by atoms with Crippen LogP contribution in [0.25, 0.3) is 44.4 Å². The highest BCUT2D eigenvalue weighted by Crippen LogP contribution is 2.42. The molecule has 0 N–H and O–H groups in total. The summed E-state index contributed by atoms with van der Waals surface area (Å²) in [5.74, 6) is 2.46. The molecule has 5 heteroatoms. The van der Waals surface area contributed by atoms with Gasteiger partial charge in [-0.1, -0.05) is 84.4 Å². The van der Waals surface area contributed by atoms with Crippen molar-refractivity contribution in [2.24, 2.45) is 0 Å². The topological polar surface area (TPSA) is 44.9 Å². The second kappa shape index (κ2) is 12.6. The van der Waals surface area contributed by atoms with E-state index >= 15 is 0 Å². The lowest BCUT2D eigenvalue weighted by atomic mass is 9.83. The molecule has 0 spiro atoms. The molecule has 0 saturated carbocycles. The van der Waals surface area contributed by atoms with Crippen molar-refractivity contribution >= 4 is 21.8 Å². The molecule has 0 unspecified atom stereocenters. The van der Waals surface area contributed by atoms with Crippen molar-refractivity contribution in [3.8, 4) is 34.1 Å². The third kappa shape index (κ3) is 6.24. The molecular weight excluding hydrogens is 625 g/mol. The van der Waals surface area contributed by atoms with Gasteiger partial charge in [0.1, 0.15) is 17.3 Å². The molecule has 0 amide bonds. The molecule has 0 aliphatic heterocycles. The number of nitrogens with zero attached hydrogens (tertiary/aromatic N) is 4. The van der Waals surface area contributed by atoms with E-state index in [1.807, 2.05) is 6.20 Å². The third-order valence-electron chi connectivity index (χ3n) is 10.0. The van der Waals surface area contributed by atoms with Gasteiger partial charge in [-0.2, -0.15) is 5.10 Å². The van der Waals surface area contributed by atoms with Gasteiger partial charge in [-0.25, -0.2) is 9.67 Å². The van der Waals surface area contributed by atoms with Gasteiger partial charge in [-0.15, -0.1) is 0 Å². The molecule has 0 fully saturated rings. The lowest BCUT2D eigenvalue weighted by molar-refractivity contribution is 0.477. The molecule has 5 nitrogen and oxygen atoms in total. The second-order valence-electron chi connectivity index (χ2n) is 16.2. The van der Waals surface area contributed by atoms with E-state index in [1.54, 1.807) is 0 Å². The van der Waals surface area contributed by atoms with Crippen LogP contribution in [0.4, 0.5) is 0 Å². The maximum atomic E-state index is 6.84. The molecule has 0 atom stereocenters. The fraction of sp³-hybridized carbons (Fsp3) is 0.304. The summed E-state index contributed by atoms with van der Waals surface area (Å²) < 4.78 is 11.3. The molecule has 3 heterocycles. The Bertz CT molecular complexity index is 2420. The summed E-state index contributed by atoms with van der Waals surface area (Å²) >= 11 is 0. The van der Waals surface area contributed by atoms with Crippen LogP contribution in [0.5, 0.6) is 11.5 Å². The molecule has 0 radical (unpaired) electrons. The highest BCUT2D eigenvalue weighted by molar-refractivity contribution is 6.09. The van der Waals surface area contributed by atoms with E-state index in [9.17, 15) is 0 Å². The minimum atomic E-state index is -0.180. The zero-order chi connectivity index (χ0) is 36.4. The first-order chi connectivity index (χ1) is 24.1. The molecule has 4 aromatic carbocycles. The van der Waals surface area contributed by atoms with Crippen LogP contribution in [0.1, 0.15) is 87.7 Å². The summed E-state index contributed by atoms with van der Waals surface area (Å²) in [5, 5.41) is 7.64. The average molecular weight is 675 g/mol. The SMILES string of the molecule is CCc1ccnc(-n2c3ccccc3c3ccc(Oc4cc(-n5nc(C)c(-c6c(C)cc(C)cc6C)c5C(C)(C)C)cc(C(C)(C)C)c4)cc32)c1. The third-order valence-corrected chi connectivity index (χ3v) is 10.0. The molecule has 0 aliphatic rings. The number of rotatable bonds is 6. The molecule has 0 aliphatic carbocycles. The van der Waals surface area contributed by atoms with Crippen molar-refractivity contribution in [1.29, 1.82) is 0 Å². The standard InChI is InChI=1S/C46H50N4O/c1-12-32-19-20-47-41(23-32)49-39-16-14-13-15-37(39)38-18-17-35(27-40(38)49)51-36-25-33(45(6,7)8)24-34(26-36)50-44(46(9,10)11)43(31(5)48-50)42-29(3)21-28(2)22-30(42)4/h13-27H,12H2,1-11H3. The highest BCUT2D eigenvalue weighted by atomic mass is 16.5. The van der Waals surface area contributed by atoms with Crippen LogP contribution in [0.15, 0.2) is 91.1 Å². The largest absolute Gasteiger partial charge is 0.457 e. The summed E-state index contributed by atoms with van der Waals surface area (Å²) in [7, 11) is 0. The minimum Gasteiger partial charge on any atom is -0.457 e. The number of fused-ring (bicyclic) bond motifs is 3. The molecule has 0 saturated heterocycles. The Morgan fingerprint density at radius 1 is 0.667 bits per heavy atom. The number of hydrogen-bond donors (Lipinski definition) is 0. The molecule has 0 bridgehead atoms. The predicted molar refractivity (Wildman–Crippen MR) is 213 cm³/mol. The van der Waals surface area contributed by atoms with Gasteiger partial charge in [0.25, 0.3) is 0 Å². The number of para-hydroxylation sites is 1. The molecule has 7 rings (SSSR count). The van der Waals surface area contributed by atoms with Gasteiger partial charge in [0.15, 0.2) is 0 Å². The van der Waals surface area contributed by atoms with Gasteiger partial charge >= 0.3 is 0 Å². The number of benzene rings is 4. The first-order valence-electron chi connectivity index (χ1n) is 18.1. The summed E-state index contributed by atoms with van der Waals surface area (Å²) in [5.41, 5.74) is 13.9. The van der Waals surface area contributed by atoms with Gasteiger partial charge in [0, 0.05) is 40.1 Å². The lowest BCUT2D eigenvalue weighted by Crippen LogP contribution is -2.20. The zero-order valence-electron chi connectivity index (χ0n) is 32.1. The Hall–Kier alpha value is -5.16. The Kier molecular flexibility index (Phi) is 8.45. The molecular formula is C46H50N4O. The fourth-order valence-electron chi connectivity index (χ4n) is 7.68. The van der Waals surface area contributed by atoms with E-state index < -0.39 is 0 Å². The lowest BCUT2D eigenvalue weighted by Gasteiger charge is -2.26. The normalized spacial score (nSPS) is 12.3. The summed E-state index contributed by atoms with van der Waals surface area (Å²) in [6, 6.07) is 30.4. The van der Waals surface area contributed by atoms with Crippen LogP contribution in [0, 0.1) is 27.7 Å². The Morgan fingerprint density at radius 3 is 2.06 bits per heavy atom. The number of ether oxygens (including phenoxy) is 1. The van der Waals surface area contributed by atoms with Crippen LogP contribution >= 0.6 is 0 Å². The fourth-order valence-corrected chi connectivity index (χ4v) is 7.68. The number of hydrogen-bond acceptors (Lipinski definition) is 3. The summed E-state index contributed by atoms with van der Waals surface area (Å²) in [4.78, 5) is 4.81. The van der Waals surface area contributed by atoms with Gasteiger partial charge < -0.3 is 4.74 Å². The number of aryl methyl sites for hydroxylation is 5. The van der Waals surface area contributed by atoms with E-state index in [-0.39, 0.29) is 10.8 Å². The van der Waals surface area contributed by atoms with Gasteiger partial charge in [-0.05, 0) is 110 Å². The van der Waals surface area contributed by atoms with Crippen molar-refractivity contribution in [1.82, 2.24) is 19.3 Å². The number of aromatic nitrogens is 4. The van der Waals surface area contributed by atoms with E-state index in [1.165, 1.54) is 55.4 Å². The average Bonchev–Trinajstić information content (AvgIpc) is 3.58. The Morgan fingerprint density at radius 2 is 1.37 bits per heavy atom. The second-order valence-corrected chi connectivity index (χ2v) is 16.2. The van der Waals surface area contributed by atoms with E-state index in [0.29, 0.717) is 0 Å². The summed E-state index contributed by atoms with van der Waals surface area (Å²) in [6.45, 7) is 24.5. The highest BCUT2D eigenvalue weighted by Gasteiger charge is 2.30.